The summed E-state index contributed by atoms with van der Waals surface area (Å²) in [6.45, 7) is 2.43. The first-order valence-electron chi connectivity index (χ1n) is 5.05. The van der Waals surface area contributed by atoms with Crippen molar-refractivity contribution in [2.75, 3.05) is 0 Å². The SMILES string of the molecule is CC1[C@@H]2CCC3C(S)C31C(S)C2. The number of thiol groups is 2. The summed E-state index contributed by atoms with van der Waals surface area (Å²) in [5, 5.41) is 1.34. The highest BCUT2D eigenvalue weighted by atomic mass is 32.1. The van der Waals surface area contributed by atoms with Gasteiger partial charge in [-0.3, -0.25) is 0 Å². The maximum atomic E-state index is 4.76. The fourth-order valence-corrected chi connectivity index (χ4v) is 6.01. The van der Waals surface area contributed by atoms with Crippen LogP contribution < -0.4 is 0 Å². The van der Waals surface area contributed by atoms with Gasteiger partial charge < -0.3 is 0 Å². The quantitative estimate of drug-likeness (QED) is 0.552. The van der Waals surface area contributed by atoms with Crippen molar-refractivity contribution in [3.05, 3.63) is 0 Å². The smallest absolute Gasteiger partial charge is 0.0124 e. The van der Waals surface area contributed by atoms with Crippen LogP contribution in [0.15, 0.2) is 0 Å². The van der Waals surface area contributed by atoms with E-state index < -0.39 is 0 Å². The average molecular weight is 200 g/mol. The zero-order chi connectivity index (χ0) is 8.51. The third kappa shape index (κ3) is 0.639. The van der Waals surface area contributed by atoms with Crippen LogP contribution in [0.25, 0.3) is 0 Å². The zero-order valence-corrected chi connectivity index (χ0v) is 9.19. The minimum Gasteiger partial charge on any atom is -0.175 e. The summed E-state index contributed by atoms with van der Waals surface area (Å²) in [5.41, 5.74) is 0.565. The van der Waals surface area contributed by atoms with E-state index >= 15 is 0 Å². The Bertz CT molecular complexity index is 224. The molecular formula is C10H16S2. The molecule has 3 fully saturated rings. The standard InChI is InChI=1S/C10H16S2/c1-5-6-2-3-7-9(12)10(5,7)8(11)4-6/h5-9,11-12H,2-4H2,1H3/t5?,6-,7?,8?,9?,10?/m1/s1. The highest BCUT2D eigenvalue weighted by Crippen LogP contribution is 2.75. The van der Waals surface area contributed by atoms with Gasteiger partial charge in [-0.15, -0.1) is 0 Å². The van der Waals surface area contributed by atoms with Crippen molar-refractivity contribution < 1.29 is 0 Å². The fraction of sp³-hybridized carbons (Fsp3) is 1.00. The van der Waals surface area contributed by atoms with E-state index in [-0.39, 0.29) is 0 Å². The predicted octanol–water partition coefficient (Wildman–Crippen LogP) is 2.65. The molecule has 3 aliphatic rings. The van der Waals surface area contributed by atoms with Gasteiger partial charge in [0.2, 0.25) is 0 Å². The molecule has 5 unspecified atom stereocenters. The molecule has 0 aromatic rings. The third-order valence-electron chi connectivity index (χ3n) is 4.87. The van der Waals surface area contributed by atoms with Gasteiger partial charge in [0.1, 0.15) is 0 Å². The van der Waals surface area contributed by atoms with Crippen LogP contribution in [-0.4, -0.2) is 10.5 Å². The number of fused-ring (bicyclic) bond motifs is 1. The monoisotopic (exact) mass is 200 g/mol. The van der Waals surface area contributed by atoms with Crippen molar-refractivity contribution in [2.45, 2.75) is 36.7 Å². The van der Waals surface area contributed by atoms with Gasteiger partial charge in [-0.05, 0) is 37.0 Å². The van der Waals surface area contributed by atoms with E-state index in [0.29, 0.717) is 15.9 Å². The van der Waals surface area contributed by atoms with Crippen molar-refractivity contribution in [1.29, 1.82) is 0 Å². The molecule has 0 radical (unpaired) electrons. The minimum atomic E-state index is 0.565. The van der Waals surface area contributed by atoms with Gasteiger partial charge in [0.25, 0.3) is 0 Å². The first-order valence-corrected chi connectivity index (χ1v) is 6.08. The van der Waals surface area contributed by atoms with Gasteiger partial charge >= 0.3 is 0 Å². The summed E-state index contributed by atoms with van der Waals surface area (Å²) in [4.78, 5) is 0. The highest BCUT2D eigenvalue weighted by Gasteiger charge is 2.73. The van der Waals surface area contributed by atoms with Crippen LogP contribution in [0.3, 0.4) is 0 Å². The lowest BCUT2D eigenvalue weighted by atomic mass is 9.79. The van der Waals surface area contributed by atoms with Crippen molar-refractivity contribution >= 4 is 25.3 Å². The molecule has 0 saturated heterocycles. The van der Waals surface area contributed by atoms with Crippen LogP contribution in [0.4, 0.5) is 0 Å². The largest absolute Gasteiger partial charge is 0.175 e. The van der Waals surface area contributed by atoms with E-state index in [1.165, 1.54) is 19.3 Å². The van der Waals surface area contributed by atoms with Crippen molar-refractivity contribution in [3.8, 4) is 0 Å². The third-order valence-corrected chi connectivity index (χ3v) is 6.34. The zero-order valence-electron chi connectivity index (χ0n) is 7.40. The van der Waals surface area contributed by atoms with Gasteiger partial charge in [-0.1, -0.05) is 6.92 Å². The lowest BCUT2D eigenvalue weighted by Crippen LogP contribution is -2.23. The van der Waals surface area contributed by atoms with E-state index in [4.69, 9.17) is 25.3 Å². The molecule has 0 nitrogen and oxygen atoms in total. The maximum Gasteiger partial charge on any atom is 0.0124 e. The molecule has 2 bridgehead atoms. The van der Waals surface area contributed by atoms with E-state index in [0.717, 1.165) is 17.8 Å². The molecule has 6 atom stereocenters. The molecule has 3 aliphatic carbocycles. The molecule has 3 rings (SSSR count). The second-order valence-electron chi connectivity index (χ2n) is 4.93. The van der Waals surface area contributed by atoms with E-state index in [2.05, 4.69) is 6.92 Å². The van der Waals surface area contributed by atoms with Crippen LogP contribution in [0, 0.1) is 23.2 Å². The summed E-state index contributed by atoms with van der Waals surface area (Å²) >= 11 is 9.49. The van der Waals surface area contributed by atoms with Crippen LogP contribution in [0.1, 0.15) is 26.2 Å². The van der Waals surface area contributed by atoms with Crippen LogP contribution in [0.5, 0.6) is 0 Å². The molecule has 0 amide bonds. The Labute approximate surface area is 85.3 Å². The molecular weight excluding hydrogens is 184 g/mol. The van der Waals surface area contributed by atoms with Crippen LogP contribution in [-0.2, 0) is 0 Å². The predicted molar refractivity (Wildman–Crippen MR) is 58.0 cm³/mol. The molecule has 0 aliphatic heterocycles. The molecule has 0 aromatic carbocycles. The Morgan fingerprint density at radius 1 is 1.25 bits per heavy atom. The van der Waals surface area contributed by atoms with E-state index in [1.54, 1.807) is 0 Å². The summed E-state index contributed by atoms with van der Waals surface area (Å²) in [6, 6.07) is 0. The molecule has 2 heteroatoms. The minimum absolute atomic E-state index is 0.565. The fourth-order valence-electron chi connectivity index (χ4n) is 4.11. The van der Waals surface area contributed by atoms with Crippen LogP contribution >= 0.6 is 25.3 Å². The summed E-state index contributed by atoms with van der Waals surface area (Å²) < 4.78 is 0. The lowest BCUT2D eigenvalue weighted by molar-refractivity contribution is 0.236. The number of rotatable bonds is 0. The highest BCUT2D eigenvalue weighted by molar-refractivity contribution is 7.82. The molecule has 0 heterocycles. The Balaban J connectivity index is 2.03. The molecule has 68 valence electrons. The first kappa shape index (κ1) is 8.05. The Morgan fingerprint density at radius 3 is 2.67 bits per heavy atom. The normalized spacial score (nSPS) is 67.8. The Hall–Kier alpha value is 0.700. The Kier molecular flexibility index (Phi) is 1.47. The van der Waals surface area contributed by atoms with Gasteiger partial charge in [0.05, 0.1) is 0 Å². The van der Waals surface area contributed by atoms with E-state index in [9.17, 15) is 0 Å². The molecule has 0 N–H and O–H groups in total. The maximum absolute atomic E-state index is 4.76. The van der Waals surface area contributed by atoms with Gasteiger partial charge in [-0.25, -0.2) is 0 Å². The van der Waals surface area contributed by atoms with Crippen LogP contribution in [0.2, 0.25) is 0 Å². The van der Waals surface area contributed by atoms with Crippen molar-refractivity contribution in [3.63, 3.8) is 0 Å². The van der Waals surface area contributed by atoms with Crippen molar-refractivity contribution in [1.82, 2.24) is 0 Å². The summed E-state index contributed by atoms with van der Waals surface area (Å²) in [6.07, 6.45) is 4.24. The average Bonchev–Trinajstić information content (AvgIpc) is 2.62. The molecule has 0 aromatic heterocycles. The van der Waals surface area contributed by atoms with E-state index in [1.807, 2.05) is 0 Å². The van der Waals surface area contributed by atoms with Crippen molar-refractivity contribution in [2.24, 2.45) is 23.2 Å². The molecule has 12 heavy (non-hydrogen) atoms. The van der Waals surface area contributed by atoms with Gasteiger partial charge in [-0.2, -0.15) is 25.3 Å². The second kappa shape index (κ2) is 2.20. The first-order chi connectivity index (χ1) is 5.69. The lowest BCUT2D eigenvalue weighted by Gasteiger charge is -2.27. The Morgan fingerprint density at radius 2 is 2.00 bits per heavy atom. The second-order valence-corrected chi connectivity index (χ2v) is 6.11. The van der Waals surface area contributed by atoms with Gasteiger partial charge in [0.15, 0.2) is 0 Å². The molecule has 3 saturated carbocycles. The van der Waals surface area contributed by atoms with Gasteiger partial charge in [0, 0.05) is 15.9 Å². The number of hydrogen-bond acceptors (Lipinski definition) is 2. The molecule has 1 spiro atoms. The summed E-state index contributed by atoms with van der Waals surface area (Å²) in [7, 11) is 0. The topological polar surface area (TPSA) is 0 Å². The summed E-state index contributed by atoms with van der Waals surface area (Å²) in [5.74, 6) is 2.79. The number of hydrogen-bond donors (Lipinski definition) is 2.